The average Bonchev–Trinajstić information content (AvgIpc) is 2.46. The minimum atomic E-state index is 0.0278. The van der Waals surface area contributed by atoms with Gasteiger partial charge in [-0.2, -0.15) is 0 Å². The number of hydrogen-bond donors (Lipinski definition) is 1. The minimum Gasteiger partial charge on any atom is -0.457 e. The molecule has 3 rings (SSSR count). The number of hydrogen-bond acceptors (Lipinski definition) is 3. The summed E-state index contributed by atoms with van der Waals surface area (Å²) >= 11 is 0. The molecule has 0 aromatic heterocycles. The summed E-state index contributed by atoms with van der Waals surface area (Å²) in [5, 5.41) is 2.88. The van der Waals surface area contributed by atoms with E-state index in [4.69, 9.17) is 9.47 Å². The van der Waals surface area contributed by atoms with Gasteiger partial charge < -0.3 is 14.8 Å². The zero-order valence-corrected chi connectivity index (χ0v) is 11.6. The lowest BCUT2D eigenvalue weighted by Gasteiger charge is -2.25. The van der Waals surface area contributed by atoms with Gasteiger partial charge in [-0.15, -0.1) is 0 Å². The molecule has 1 aliphatic rings. The topological polar surface area (TPSA) is 47.6 Å². The highest BCUT2D eigenvalue weighted by Gasteiger charge is 2.21. The van der Waals surface area contributed by atoms with Crippen LogP contribution in [-0.4, -0.2) is 19.1 Å². The Bertz CT molecular complexity index is 591. The Morgan fingerprint density at radius 1 is 1.05 bits per heavy atom. The molecule has 2 aromatic rings. The third kappa shape index (κ3) is 3.83. The Balaban J connectivity index is 1.55. The fourth-order valence-corrected chi connectivity index (χ4v) is 2.11. The lowest BCUT2D eigenvalue weighted by atomic mass is 10.0. The van der Waals surface area contributed by atoms with Gasteiger partial charge in [-0.3, -0.25) is 4.79 Å². The summed E-state index contributed by atoms with van der Waals surface area (Å²) in [6.07, 6.45) is 0.516. The van der Waals surface area contributed by atoms with Gasteiger partial charge in [0.05, 0.1) is 13.2 Å². The summed E-state index contributed by atoms with van der Waals surface area (Å²) in [5.74, 6) is 1.93. The van der Waals surface area contributed by atoms with E-state index < -0.39 is 0 Å². The molecule has 0 spiro atoms. The van der Waals surface area contributed by atoms with Crippen molar-refractivity contribution in [3.63, 3.8) is 0 Å². The maximum absolute atomic E-state index is 11.8. The first-order chi connectivity index (χ1) is 10.3. The van der Waals surface area contributed by atoms with Gasteiger partial charge in [-0.1, -0.05) is 18.2 Å². The van der Waals surface area contributed by atoms with Crippen molar-refractivity contribution in [1.29, 1.82) is 0 Å². The van der Waals surface area contributed by atoms with Crippen LogP contribution in [0.25, 0.3) is 0 Å². The first kappa shape index (κ1) is 13.6. The fourth-order valence-electron chi connectivity index (χ4n) is 2.11. The molecule has 2 aromatic carbocycles. The highest BCUT2D eigenvalue weighted by Crippen LogP contribution is 2.23. The van der Waals surface area contributed by atoms with Crippen LogP contribution < -0.4 is 10.1 Å². The van der Waals surface area contributed by atoms with Crippen LogP contribution in [0.4, 0.5) is 5.69 Å². The lowest BCUT2D eigenvalue weighted by molar-refractivity contribution is -0.121. The second-order valence-corrected chi connectivity index (χ2v) is 5.10. The van der Waals surface area contributed by atoms with Crippen molar-refractivity contribution < 1.29 is 14.3 Å². The Kier molecular flexibility index (Phi) is 4.17. The monoisotopic (exact) mass is 283 g/mol. The molecule has 108 valence electrons. The van der Waals surface area contributed by atoms with Crippen LogP contribution >= 0.6 is 0 Å². The molecule has 0 radical (unpaired) electrons. The van der Waals surface area contributed by atoms with Crippen LogP contribution in [0.3, 0.4) is 0 Å². The van der Waals surface area contributed by atoms with Gasteiger partial charge in [0.1, 0.15) is 11.5 Å². The van der Waals surface area contributed by atoms with Crippen molar-refractivity contribution >= 4 is 11.6 Å². The van der Waals surface area contributed by atoms with Gasteiger partial charge in [0.2, 0.25) is 5.91 Å². The van der Waals surface area contributed by atoms with Crippen LogP contribution in [0.1, 0.15) is 6.42 Å². The van der Waals surface area contributed by atoms with E-state index in [1.54, 1.807) is 0 Å². The van der Waals surface area contributed by atoms with E-state index in [2.05, 4.69) is 5.32 Å². The van der Waals surface area contributed by atoms with Gasteiger partial charge in [0.15, 0.2) is 0 Å². The molecule has 0 unspecified atom stereocenters. The second-order valence-electron chi connectivity index (χ2n) is 5.10. The van der Waals surface area contributed by atoms with Gasteiger partial charge >= 0.3 is 0 Å². The van der Waals surface area contributed by atoms with Gasteiger partial charge in [0.25, 0.3) is 0 Å². The molecule has 0 aliphatic carbocycles. The summed E-state index contributed by atoms with van der Waals surface area (Å²) in [7, 11) is 0. The van der Waals surface area contributed by atoms with E-state index >= 15 is 0 Å². The molecule has 1 aliphatic heterocycles. The number of carbonyl (C=O) groups is 1. The Morgan fingerprint density at radius 3 is 2.33 bits per heavy atom. The van der Waals surface area contributed by atoms with Gasteiger partial charge in [-0.25, -0.2) is 0 Å². The van der Waals surface area contributed by atoms with E-state index in [0.717, 1.165) is 17.2 Å². The fraction of sp³-hybridized carbons (Fsp3) is 0.235. The van der Waals surface area contributed by atoms with Crippen molar-refractivity contribution in [3.8, 4) is 11.5 Å². The SMILES string of the molecule is O=C(CC1COC1)Nc1ccc(Oc2ccccc2)cc1. The van der Waals surface area contributed by atoms with Crippen molar-refractivity contribution in [3.05, 3.63) is 54.6 Å². The summed E-state index contributed by atoms with van der Waals surface area (Å²) < 4.78 is 10.8. The summed E-state index contributed by atoms with van der Waals surface area (Å²) in [6.45, 7) is 1.38. The van der Waals surface area contributed by atoms with E-state index in [1.807, 2.05) is 54.6 Å². The molecular weight excluding hydrogens is 266 g/mol. The number of carbonyl (C=O) groups excluding carboxylic acids is 1. The quantitative estimate of drug-likeness (QED) is 0.914. The molecule has 4 nitrogen and oxygen atoms in total. The number of rotatable bonds is 5. The predicted octanol–water partition coefficient (Wildman–Crippen LogP) is 3.45. The number of para-hydroxylation sites is 1. The zero-order chi connectivity index (χ0) is 14.5. The van der Waals surface area contributed by atoms with Gasteiger partial charge in [0, 0.05) is 18.0 Å². The van der Waals surface area contributed by atoms with Crippen LogP contribution in [-0.2, 0) is 9.53 Å². The van der Waals surface area contributed by atoms with Crippen LogP contribution in [0.15, 0.2) is 54.6 Å². The number of ether oxygens (including phenoxy) is 2. The van der Waals surface area contributed by atoms with Crippen molar-refractivity contribution in [1.82, 2.24) is 0 Å². The normalized spacial score (nSPS) is 14.3. The first-order valence-corrected chi connectivity index (χ1v) is 7.00. The lowest BCUT2D eigenvalue weighted by Crippen LogP contribution is -2.31. The molecule has 0 atom stereocenters. The third-order valence-corrected chi connectivity index (χ3v) is 3.30. The standard InChI is InChI=1S/C17H17NO3/c19-17(10-13-11-20-12-13)18-14-6-8-16(9-7-14)21-15-4-2-1-3-5-15/h1-9,13H,10-12H2,(H,18,19). The van der Waals surface area contributed by atoms with Crippen LogP contribution in [0.2, 0.25) is 0 Å². The molecule has 4 heteroatoms. The Labute approximate surface area is 123 Å². The molecule has 1 heterocycles. The average molecular weight is 283 g/mol. The van der Waals surface area contributed by atoms with E-state index in [1.165, 1.54) is 0 Å². The highest BCUT2D eigenvalue weighted by molar-refractivity contribution is 5.90. The number of nitrogens with one attached hydrogen (secondary N) is 1. The summed E-state index contributed by atoms with van der Waals surface area (Å²) in [4.78, 5) is 11.8. The smallest absolute Gasteiger partial charge is 0.224 e. The molecule has 1 amide bonds. The van der Waals surface area contributed by atoms with Crippen molar-refractivity contribution in [2.75, 3.05) is 18.5 Å². The molecule has 0 saturated carbocycles. The molecule has 1 N–H and O–H groups in total. The molecule has 0 bridgehead atoms. The molecule has 21 heavy (non-hydrogen) atoms. The Morgan fingerprint density at radius 2 is 1.71 bits per heavy atom. The molecule has 1 fully saturated rings. The van der Waals surface area contributed by atoms with Gasteiger partial charge in [-0.05, 0) is 36.4 Å². The van der Waals surface area contributed by atoms with E-state index in [-0.39, 0.29) is 5.91 Å². The van der Waals surface area contributed by atoms with Crippen molar-refractivity contribution in [2.24, 2.45) is 5.92 Å². The zero-order valence-electron chi connectivity index (χ0n) is 11.6. The maximum Gasteiger partial charge on any atom is 0.224 e. The summed E-state index contributed by atoms with van der Waals surface area (Å²) in [5.41, 5.74) is 0.778. The van der Waals surface area contributed by atoms with Crippen LogP contribution in [0, 0.1) is 5.92 Å². The predicted molar refractivity (Wildman–Crippen MR) is 80.5 cm³/mol. The number of amides is 1. The van der Waals surface area contributed by atoms with E-state index in [9.17, 15) is 4.79 Å². The third-order valence-electron chi connectivity index (χ3n) is 3.30. The number of benzene rings is 2. The first-order valence-electron chi connectivity index (χ1n) is 7.00. The highest BCUT2D eigenvalue weighted by atomic mass is 16.5. The maximum atomic E-state index is 11.8. The summed E-state index contributed by atoms with van der Waals surface area (Å²) in [6, 6.07) is 17.0. The Hall–Kier alpha value is -2.33. The molecular formula is C17H17NO3. The second kappa shape index (κ2) is 6.41. The molecule has 1 saturated heterocycles. The number of anilines is 1. The van der Waals surface area contributed by atoms with Crippen LogP contribution in [0.5, 0.6) is 11.5 Å². The van der Waals surface area contributed by atoms with E-state index in [0.29, 0.717) is 25.6 Å². The van der Waals surface area contributed by atoms with Crippen molar-refractivity contribution in [2.45, 2.75) is 6.42 Å². The largest absolute Gasteiger partial charge is 0.457 e. The minimum absolute atomic E-state index is 0.0278.